The van der Waals surface area contributed by atoms with Gasteiger partial charge in [-0.3, -0.25) is 9.59 Å². The number of carbonyl (C=O) groups is 2. The smallest absolute Gasteiger partial charge is 0.310 e. The molecule has 3 aromatic rings. The van der Waals surface area contributed by atoms with E-state index in [1.54, 1.807) is 25.3 Å². The van der Waals surface area contributed by atoms with Crippen LogP contribution in [0.25, 0.3) is 10.9 Å². The summed E-state index contributed by atoms with van der Waals surface area (Å²) in [5.74, 6) is 0.409. The maximum atomic E-state index is 12.5. The van der Waals surface area contributed by atoms with Crippen LogP contribution >= 0.6 is 0 Å². The number of carbonyl (C=O) groups excluding carboxylic acids is 2. The van der Waals surface area contributed by atoms with E-state index in [2.05, 4.69) is 4.98 Å². The van der Waals surface area contributed by atoms with Gasteiger partial charge in [-0.2, -0.15) is 0 Å². The zero-order chi connectivity index (χ0) is 19.4. The van der Waals surface area contributed by atoms with Gasteiger partial charge in [0.05, 0.1) is 20.6 Å². The minimum absolute atomic E-state index is 0.0422. The van der Waals surface area contributed by atoms with Gasteiger partial charge in [0.25, 0.3) is 0 Å². The molecule has 0 spiro atoms. The lowest BCUT2D eigenvalue weighted by molar-refractivity contribution is -0.141. The molecule has 1 N–H and O–H groups in total. The largest absolute Gasteiger partial charge is 0.493 e. The summed E-state index contributed by atoms with van der Waals surface area (Å²) >= 11 is 0. The number of esters is 1. The number of aromatic amines is 1. The summed E-state index contributed by atoms with van der Waals surface area (Å²) in [5, 5.41) is 0.830. The van der Waals surface area contributed by atoms with Gasteiger partial charge in [-0.15, -0.1) is 0 Å². The Morgan fingerprint density at radius 3 is 2.48 bits per heavy atom. The zero-order valence-corrected chi connectivity index (χ0v) is 15.5. The van der Waals surface area contributed by atoms with Crippen LogP contribution in [0.5, 0.6) is 11.5 Å². The number of Topliss-reactive ketones (excluding diaryl/α,β-unsaturated/α-hetero) is 1. The summed E-state index contributed by atoms with van der Waals surface area (Å²) in [6.07, 6.45) is 0.0422. The van der Waals surface area contributed by atoms with E-state index < -0.39 is 5.97 Å². The lowest BCUT2D eigenvalue weighted by Crippen LogP contribution is -2.16. The first-order valence-electron chi connectivity index (χ1n) is 8.50. The number of hydrogen-bond acceptors (Lipinski definition) is 5. The summed E-state index contributed by atoms with van der Waals surface area (Å²) in [6, 6.07) is 12.7. The molecule has 140 valence electrons. The molecule has 0 amide bonds. The Labute approximate surface area is 157 Å². The van der Waals surface area contributed by atoms with Crippen molar-refractivity contribution in [3.05, 3.63) is 59.3 Å². The van der Waals surface area contributed by atoms with Gasteiger partial charge in [0, 0.05) is 22.2 Å². The highest BCUT2D eigenvalue weighted by atomic mass is 16.5. The predicted molar refractivity (Wildman–Crippen MR) is 102 cm³/mol. The van der Waals surface area contributed by atoms with Gasteiger partial charge in [0.15, 0.2) is 18.1 Å². The number of ketones is 1. The van der Waals surface area contributed by atoms with E-state index in [-0.39, 0.29) is 18.8 Å². The summed E-state index contributed by atoms with van der Waals surface area (Å²) in [7, 11) is 3.08. The minimum Gasteiger partial charge on any atom is -0.493 e. The van der Waals surface area contributed by atoms with Crippen molar-refractivity contribution in [3.8, 4) is 11.5 Å². The first-order valence-corrected chi connectivity index (χ1v) is 8.50. The Balaban J connectivity index is 1.65. The SMILES string of the molecule is COc1ccc(CC(=O)OCC(=O)c2c(C)[nH]c3ccccc23)cc1OC. The first kappa shape index (κ1) is 18.5. The van der Waals surface area contributed by atoms with Crippen molar-refractivity contribution >= 4 is 22.7 Å². The highest BCUT2D eigenvalue weighted by Crippen LogP contribution is 2.28. The molecule has 1 aromatic heterocycles. The number of para-hydroxylation sites is 1. The van der Waals surface area contributed by atoms with E-state index in [0.717, 1.165) is 16.6 Å². The van der Waals surface area contributed by atoms with Crippen LogP contribution in [0.1, 0.15) is 21.6 Å². The third-order valence-corrected chi connectivity index (χ3v) is 4.33. The van der Waals surface area contributed by atoms with Crippen molar-refractivity contribution in [3.63, 3.8) is 0 Å². The maximum absolute atomic E-state index is 12.5. The number of H-pyrrole nitrogens is 1. The molecule has 0 saturated heterocycles. The van der Waals surface area contributed by atoms with E-state index in [4.69, 9.17) is 14.2 Å². The van der Waals surface area contributed by atoms with Gasteiger partial charge < -0.3 is 19.2 Å². The third kappa shape index (κ3) is 3.95. The molecule has 0 fully saturated rings. The van der Waals surface area contributed by atoms with E-state index in [1.807, 2.05) is 31.2 Å². The Morgan fingerprint density at radius 2 is 1.74 bits per heavy atom. The van der Waals surface area contributed by atoms with Crippen LogP contribution in [0.3, 0.4) is 0 Å². The van der Waals surface area contributed by atoms with Gasteiger partial charge in [0.2, 0.25) is 5.78 Å². The summed E-state index contributed by atoms with van der Waals surface area (Å²) in [5.41, 5.74) is 2.92. The molecular formula is C21H21NO5. The Hall–Kier alpha value is -3.28. The standard InChI is InChI=1S/C21H21NO5/c1-13-21(15-6-4-5-7-16(15)22-13)17(23)12-27-20(24)11-14-8-9-18(25-2)19(10-14)26-3/h4-10,22H,11-12H2,1-3H3. The molecule has 6 heteroatoms. The molecular weight excluding hydrogens is 346 g/mol. The van der Waals surface area contributed by atoms with Crippen molar-refractivity contribution in [2.45, 2.75) is 13.3 Å². The number of fused-ring (bicyclic) bond motifs is 1. The molecule has 6 nitrogen and oxygen atoms in total. The molecule has 0 aliphatic heterocycles. The number of aromatic nitrogens is 1. The lowest BCUT2D eigenvalue weighted by Gasteiger charge is -2.09. The zero-order valence-electron chi connectivity index (χ0n) is 15.5. The number of ether oxygens (including phenoxy) is 3. The Kier molecular flexibility index (Phi) is 5.45. The van der Waals surface area contributed by atoms with Gasteiger partial charge in [-0.05, 0) is 30.7 Å². The molecule has 0 radical (unpaired) electrons. The molecule has 27 heavy (non-hydrogen) atoms. The number of aryl methyl sites for hydroxylation is 1. The average molecular weight is 367 g/mol. The summed E-state index contributed by atoms with van der Waals surface area (Å²) in [6.45, 7) is 1.54. The molecule has 0 bridgehead atoms. The van der Waals surface area contributed by atoms with Crippen LogP contribution in [0.4, 0.5) is 0 Å². The maximum Gasteiger partial charge on any atom is 0.310 e. The van der Waals surface area contributed by atoms with E-state index in [0.29, 0.717) is 22.6 Å². The fourth-order valence-corrected chi connectivity index (χ4v) is 3.06. The molecule has 2 aromatic carbocycles. The van der Waals surface area contributed by atoms with Crippen LogP contribution < -0.4 is 9.47 Å². The van der Waals surface area contributed by atoms with Crippen LogP contribution in [0, 0.1) is 6.92 Å². The van der Waals surface area contributed by atoms with Crippen LogP contribution in [-0.4, -0.2) is 37.6 Å². The second-order valence-corrected chi connectivity index (χ2v) is 6.12. The number of benzene rings is 2. The third-order valence-electron chi connectivity index (χ3n) is 4.33. The molecule has 3 rings (SSSR count). The number of nitrogens with one attached hydrogen (secondary N) is 1. The van der Waals surface area contributed by atoms with Crippen LogP contribution in [-0.2, 0) is 16.0 Å². The van der Waals surface area contributed by atoms with E-state index in [9.17, 15) is 9.59 Å². The van der Waals surface area contributed by atoms with Crippen molar-refractivity contribution in [1.29, 1.82) is 0 Å². The van der Waals surface area contributed by atoms with Crippen molar-refractivity contribution in [2.75, 3.05) is 20.8 Å². The number of methoxy groups -OCH3 is 2. The molecule has 0 saturated carbocycles. The molecule has 1 heterocycles. The quantitative estimate of drug-likeness (QED) is 0.511. The highest BCUT2D eigenvalue weighted by Gasteiger charge is 2.18. The van der Waals surface area contributed by atoms with Gasteiger partial charge >= 0.3 is 5.97 Å². The van der Waals surface area contributed by atoms with Crippen molar-refractivity contribution in [1.82, 2.24) is 4.98 Å². The fourth-order valence-electron chi connectivity index (χ4n) is 3.06. The monoisotopic (exact) mass is 367 g/mol. The first-order chi connectivity index (χ1) is 13.0. The highest BCUT2D eigenvalue weighted by molar-refractivity contribution is 6.10. The number of rotatable bonds is 7. The fraction of sp³-hybridized carbons (Fsp3) is 0.238. The van der Waals surface area contributed by atoms with Crippen molar-refractivity contribution in [2.24, 2.45) is 0 Å². The molecule has 0 unspecified atom stereocenters. The molecule has 0 atom stereocenters. The predicted octanol–water partition coefficient (Wildman–Crippen LogP) is 3.46. The van der Waals surface area contributed by atoms with E-state index in [1.165, 1.54) is 7.11 Å². The summed E-state index contributed by atoms with van der Waals surface area (Å²) < 4.78 is 15.6. The van der Waals surface area contributed by atoms with Crippen LogP contribution in [0.2, 0.25) is 0 Å². The lowest BCUT2D eigenvalue weighted by atomic mass is 10.1. The molecule has 0 aliphatic carbocycles. The normalized spacial score (nSPS) is 10.6. The van der Waals surface area contributed by atoms with E-state index >= 15 is 0 Å². The van der Waals surface area contributed by atoms with Gasteiger partial charge in [0.1, 0.15) is 0 Å². The minimum atomic E-state index is -0.479. The Morgan fingerprint density at radius 1 is 1.00 bits per heavy atom. The topological polar surface area (TPSA) is 77.6 Å². The van der Waals surface area contributed by atoms with Crippen LogP contribution in [0.15, 0.2) is 42.5 Å². The number of hydrogen-bond donors (Lipinski definition) is 1. The average Bonchev–Trinajstić information content (AvgIpc) is 3.01. The molecule has 0 aliphatic rings. The van der Waals surface area contributed by atoms with Gasteiger partial charge in [-0.1, -0.05) is 24.3 Å². The van der Waals surface area contributed by atoms with Gasteiger partial charge in [-0.25, -0.2) is 0 Å². The van der Waals surface area contributed by atoms with Crippen molar-refractivity contribution < 1.29 is 23.8 Å². The second-order valence-electron chi connectivity index (χ2n) is 6.12. The second kappa shape index (κ2) is 7.95. The summed E-state index contributed by atoms with van der Waals surface area (Å²) in [4.78, 5) is 27.9. The Bertz CT molecular complexity index is 989.